The lowest BCUT2D eigenvalue weighted by molar-refractivity contribution is -0.274. The summed E-state index contributed by atoms with van der Waals surface area (Å²) in [5, 5.41) is 12.0. The maximum Gasteiger partial charge on any atom is 0.573 e. The van der Waals surface area contributed by atoms with Gasteiger partial charge in [-0.1, -0.05) is 12.1 Å². The summed E-state index contributed by atoms with van der Waals surface area (Å²) in [4.78, 5) is 17.8. The summed E-state index contributed by atoms with van der Waals surface area (Å²) < 4.78 is 40.4. The second-order valence-electron chi connectivity index (χ2n) is 6.34. The van der Waals surface area contributed by atoms with Crippen LogP contribution >= 0.6 is 0 Å². The van der Waals surface area contributed by atoms with Crippen molar-refractivity contribution in [1.82, 2.24) is 15.2 Å². The summed E-state index contributed by atoms with van der Waals surface area (Å²) in [7, 11) is 0. The van der Waals surface area contributed by atoms with Gasteiger partial charge >= 0.3 is 12.4 Å². The molecule has 158 valence electrons. The van der Waals surface area contributed by atoms with E-state index in [2.05, 4.69) is 15.0 Å². The van der Waals surface area contributed by atoms with Gasteiger partial charge < -0.3 is 20.1 Å². The standard InChI is InChI=1S/C20H24F3N3O3/c21-20(22,23)29-18-5-3-17(4-6-18)9-13-26(14-15-27)19(28)25-10-1-2-16-7-11-24-12-8-16/h3-8,11-12,27H,1-2,9-10,13-15H2,(H,25,28). The number of urea groups is 1. The normalized spacial score (nSPS) is 11.2. The maximum atomic E-state index is 12.3. The molecule has 1 aromatic heterocycles. The molecule has 0 spiro atoms. The van der Waals surface area contributed by atoms with Crippen LogP contribution in [0.3, 0.4) is 0 Å². The van der Waals surface area contributed by atoms with E-state index < -0.39 is 6.36 Å². The minimum atomic E-state index is -4.73. The molecular formula is C20H24F3N3O3. The smallest absolute Gasteiger partial charge is 0.406 e. The number of alkyl halides is 3. The van der Waals surface area contributed by atoms with Crippen molar-refractivity contribution < 1.29 is 27.8 Å². The van der Waals surface area contributed by atoms with E-state index in [0.29, 0.717) is 19.5 Å². The number of hydrogen-bond donors (Lipinski definition) is 2. The van der Waals surface area contributed by atoms with Gasteiger partial charge in [-0.25, -0.2) is 4.79 Å². The number of amides is 2. The number of halogens is 3. The van der Waals surface area contributed by atoms with Crippen LogP contribution in [0, 0.1) is 0 Å². The molecule has 29 heavy (non-hydrogen) atoms. The highest BCUT2D eigenvalue weighted by Crippen LogP contribution is 2.22. The molecule has 9 heteroatoms. The van der Waals surface area contributed by atoms with Crippen LogP contribution in [0.15, 0.2) is 48.8 Å². The molecule has 0 saturated heterocycles. The number of aliphatic hydroxyl groups is 1. The molecule has 0 aliphatic rings. The minimum absolute atomic E-state index is 0.172. The van der Waals surface area contributed by atoms with Crippen molar-refractivity contribution >= 4 is 6.03 Å². The SMILES string of the molecule is O=C(NCCCc1ccncc1)N(CCO)CCc1ccc(OC(F)(F)F)cc1. The first kappa shape index (κ1) is 22.5. The van der Waals surface area contributed by atoms with Gasteiger partial charge in [0.05, 0.1) is 6.61 Å². The number of nitrogens with zero attached hydrogens (tertiary/aromatic N) is 2. The highest BCUT2D eigenvalue weighted by molar-refractivity contribution is 5.74. The molecule has 0 saturated carbocycles. The number of nitrogens with one attached hydrogen (secondary N) is 1. The monoisotopic (exact) mass is 411 g/mol. The highest BCUT2D eigenvalue weighted by Gasteiger charge is 2.30. The number of ether oxygens (including phenoxy) is 1. The van der Waals surface area contributed by atoms with Crippen molar-refractivity contribution in [2.75, 3.05) is 26.2 Å². The Morgan fingerprint density at radius 3 is 2.31 bits per heavy atom. The summed E-state index contributed by atoms with van der Waals surface area (Å²) in [6, 6.07) is 9.06. The Hall–Kier alpha value is -2.81. The zero-order valence-corrected chi connectivity index (χ0v) is 15.9. The average Bonchev–Trinajstić information content (AvgIpc) is 2.69. The number of benzene rings is 1. The molecule has 0 aliphatic carbocycles. The van der Waals surface area contributed by atoms with Gasteiger partial charge in [0.2, 0.25) is 0 Å². The van der Waals surface area contributed by atoms with Crippen molar-refractivity contribution in [3.8, 4) is 5.75 Å². The zero-order valence-electron chi connectivity index (χ0n) is 15.9. The van der Waals surface area contributed by atoms with Crippen LogP contribution in [0.2, 0.25) is 0 Å². The van der Waals surface area contributed by atoms with E-state index in [1.165, 1.54) is 29.2 Å². The van der Waals surface area contributed by atoms with Gasteiger partial charge in [-0.3, -0.25) is 4.98 Å². The Morgan fingerprint density at radius 1 is 1.03 bits per heavy atom. The average molecular weight is 411 g/mol. The zero-order chi connectivity index (χ0) is 21.1. The summed E-state index contributed by atoms with van der Waals surface area (Å²) in [6.45, 7) is 0.817. The van der Waals surface area contributed by atoms with E-state index in [1.54, 1.807) is 12.4 Å². The minimum Gasteiger partial charge on any atom is -0.406 e. The number of pyridine rings is 1. The van der Waals surface area contributed by atoms with Crippen LogP contribution < -0.4 is 10.1 Å². The number of rotatable bonds is 10. The number of hydrogen-bond acceptors (Lipinski definition) is 4. The number of aliphatic hydroxyl groups excluding tert-OH is 1. The van der Waals surface area contributed by atoms with Crippen LogP contribution in [-0.2, 0) is 12.8 Å². The molecular weight excluding hydrogens is 387 g/mol. The third-order valence-electron chi connectivity index (χ3n) is 4.15. The molecule has 0 bridgehead atoms. The summed E-state index contributed by atoms with van der Waals surface area (Å²) >= 11 is 0. The Kier molecular flexibility index (Phi) is 8.72. The molecule has 0 radical (unpaired) electrons. The first-order valence-corrected chi connectivity index (χ1v) is 9.24. The number of carbonyl (C=O) groups excluding carboxylic acids is 1. The number of aromatic nitrogens is 1. The Balaban J connectivity index is 1.77. The van der Waals surface area contributed by atoms with E-state index in [-0.39, 0.29) is 24.9 Å². The molecule has 0 atom stereocenters. The van der Waals surface area contributed by atoms with Gasteiger partial charge in [0, 0.05) is 32.0 Å². The van der Waals surface area contributed by atoms with E-state index in [4.69, 9.17) is 0 Å². The fourth-order valence-corrected chi connectivity index (χ4v) is 2.71. The summed E-state index contributed by atoms with van der Waals surface area (Å²) in [6.07, 6.45) is 0.738. The van der Waals surface area contributed by atoms with Crippen molar-refractivity contribution in [2.45, 2.75) is 25.6 Å². The third kappa shape index (κ3) is 8.82. The molecule has 0 fully saturated rings. The van der Waals surface area contributed by atoms with Crippen LogP contribution in [0.4, 0.5) is 18.0 Å². The number of carbonyl (C=O) groups is 1. The second-order valence-corrected chi connectivity index (χ2v) is 6.34. The van der Waals surface area contributed by atoms with Crippen molar-refractivity contribution in [3.05, 3.63) is 59.9 Å². The van der Waals surface area contributed by atoms with Crippen LogP contribution in [-0.4, -0.2) is 53.6 Å². The molecule has 6 nitrogen and oxygen atoms in total. The van der Waals surface area contributed by atoms with Gasteiger partial charge in [0.15, 0.2) is 0 Å². The lowest BCUT2D eigenvalue weighted by atomic mass is 10.1. The maximum absolute atomic E-state index is 12.3. The molecule has 2 amide bonds. The molecule has 0 aliphatic heterocycles. The Bertz CT molecular complexity index is 740. The Morgan fingerprint density at radius 2 is 1.69 bits per heavy atom. The van der Waals surface area contributed by atoms with E-state index in [0.717, 1.165) is 24.0 Å². The van der Waals surface area contributed by atoms with Gasteiger partial charge in [-0.2, -0.15) is 0 Å². The van der Waals surface area contributed by atoms with Crippen LogP contribution in [0.25, 0.3) is 0 Å². The molecule has 2 rings (SSSR count). The summed E-state index contributed by atoms with van der Waals surface area (Å²) in [5.74, 6) is -0.291. The van der Waals surface area contributed by atoms with E-state index >= 15 is 0 Å². The first-order valence-electron chi connectivity index (χ1n) is 9.24. The van der Waals surface area contributed by atoms with Gasteiger partial charge in [-0.05, 0) is 54.7 Å². The van der Waals surface area contributed by atoms with Crippen LogP contribution in [0.1, 0.15) is 17.5 Å². The topological polar surface area (TPSA) is 74.7 Å². The lowest BCUT2D eigenvalue weighted by Crippen LogP contribution is -2.43. The molecule has 2 N–H and O–H groups in total. The predicted octanol–water partition coefficient (Wildman–Crippen LogP) is 3.16. The third-order valence-corrected chi connectivity index (χ3v) is 4.15. The van der Waals surface area contributed by atoms with Crippen molar-refractivity contribution in [1.29, 1.82) is 0 Å². The van der Waals surface area contributed by atoms with Gasteiger partial charge in [-0.15, -0.1) is 13.2 Å². The fourth-order valence-electron chi connectivity index (χ4n) is 2.71. The van der Waals surface area contributed by atoms with Gasteiger partial charge in [0.25, 0.3) is 0 Å². The summed E-state index contributed by atoms with van der Waals surface area (Å²) in [5.41, 5.74) is 1.90. The Labute approximate surface area is 167 Å². The molecule has 2 aromatic rings. The van der Waals surface area contributed by atoms with Gasteiger partial charge in [0.1, 0.15) is 5.75 Å². The van der Waals surface area contributed by atoms with E-state index in [1.807, 2.05) is 12.1 Å². The van der Waals surface area contributed by atoms with Crippen LogP contribution in [0.5, 0.6) is 5.75 Å². The first-order chi connectivity index (χ1) is 13.9. The quantitative estimate of drug-likeness (QED) is 0.589. The predicted molar refractivity (Wildman–Crippen MR) is 101 cm³/mol. The molecule has 1 aromatic carbocycles. The largest absolute Gasteiger partial charge is 0.573 e. The lowest BCUT2D eigenvalue weighted by Gasteiger charge is -2.22. The van der Waals surface area contributed by atoms with Crippen molar-refractivity contribution in [2.24, 2.45) is 0 Å². The highest BCUT2D eigenvalue weighted by atomic mass is 19.4. The fraction of sp³-hybridized carbons (Fsp3) is 0.400. The molecule has 0 unspecified atom stereocenters. The second kappa shape index (κ2) is 11.3. The van der Waals surface area contributed by atoms with Crippen molar-refractivity contribution in [3.63, 3.8) is 0 Å². The number of aryl methyl sites for hydroxylation is 1. The molecule has 1 heterocycles. The van der Waals surface area contributed by atoms with E-state index in [9.17, 15) is 23.1 Å².